The molecule has 0 bridgehead atoms. The molecule has 82 valence electrons. The van der Waals surface area contributed by atoms with Crippen LogP contribution in [0, 0.1) is 6.92 Å². The second kappa shape index (κ2) is 4.57. The lowest BCUT2D eigenvalue weighted by atomic mass is 9.93. The number of ether oxygens (including phenoxy) is 1. The summed E-state index contributed by atoms with van der Waals surface area (Å²) in [6, 6.07) is 2.04. The van der Waals surface area contributed by atoms with E-state index in [4.69, 9.17) is 10.5 Å². The van der Waals surface area contributed by atoms with Crippen LogP contribution in [-0.4, -0.2) is 22.3 Å². The quantitative estimate of drug-likeness (QED) is 0.797. The highest BCUT2D eigenvalue weighted by Gasteiger charge is 2.23. The lowest BCUT2D eigenvalue weighted by Crippen LogP contribution is -2.41. The highest BCUT2D eigenvalue weighted by Crippen LogP contribution is 2.21. The molecule has 1 aliphatic rings. The zero-order valence-corrected chi connectivity index (χ0v) is 9.02. The van der Waals surface area contributed by atoms with E-state index in [0.29, 0.717) is 5.88 Å². The first-order chi connectivity index (χ1) is 7.25. The van der Waals surface area contributed by atoms with Gasteiger partial charge in [0.25, 0.3) is 0 Å². The van der Waals surface area contributed by atoms with Crippen molar-refractivity contribution in [2.45, 2.75) is 44.8 Å². The van der Waals surface area contributed by atoms with Crippen LogP contribution in [0.5, 0.6) is 5.88 Å². The minimum absolute atomic E-state index is 0.106. The Hall–Kier alpha value is -1.16. The minimum atomic E-state index is 0.106. The van der Waals surface area contributed by atoms with Gasteiger partial charge in [-0.15, -0.1) is 5.10 Å². The topological polar surface area (TPSA) is 61.0 Å². The molecule has 4 nitrogen and oxygen atoms in total. The Balaban J connectivity index is 2.01. The third kappa shape index (κ3) is 2.65. The Morgan fingerprint density at radius 3 is 2.93 bits per heavy atom. The van der Waals surface area contributed by atoms with Gasteiger partial charge in [-0.3, -0.25) is 0 Å². The summed E-state index contributed by atoms with van der Waals surface area (Å²) in [6.45, 7) is 1.97. The molecule has 0 aromatic carbocycles. The monoisotopic (exact) mass is 207 g/mol. The summed E-state index contributed by atoms with van der Waals surface area (Å²) in [4.78, 5) is 0. The fraction of sp³-hybridized carbons (Fsp3) is 0.636. The maximum atomic E-state index is 5.99. The van der Waals surface area contributed by atoms with E-state index in [2.05, 4.69) is 10.2 Å². The van der Waals surface area contributed by atoms with E-state index in [1.807, 2.05) is 13.0 Å². The second-order valence-corrected chi connectivity index (χ2v) is 4.18. The number of rotatable bonds is 2. The van der Waals surface area contributed by atoms with Crippen LogP contribution >= 0.6 is 0 Å². The molecule has 4 heteroatoms. The average Bonchev–Trinajstić information content (AvgIpc) is 2.22. The summed E-state index contributed by atoms with van der Waals surface area (Å²) in [7, 11) is 0. The van der Waals surface area contributed by atoms with Gasteiger partial charge in [-0.25, -0.2) is 0 Å². The number of nitrogens with two attached hydrogens (primary N) is 1. The lowest BCUT2D eigenvalue weighted by Gasteiger charge is -2.28. The summed E-state index contributed by atoms with van der Waals surface area (Å²) in [5.41, 5.74) is 7.05. The molecule has 1 heterocycles. The molecule has 2 atom stereocenters. The van der Waals surface area contributed by atoms with Gasteiger partial charge in [0.15, 0.2) is 0 Å². The molecule has 2 unspecified atom stereocenters. The fourth-order valence-electron chi connectivity index (χ4n) is 1.92. The molecule has 1 fully saturated rings. The van der Waals surface area contributed by atoms with Gasteiger partial charge >= 0.3 is 0 Å². The fourth-order valence-corrected chi connectivity index (χ4v) is 1.92. The van der Waals surface area contributed by atoms with Crippen molar-refractivity contribution in [1.82, 2.24) is 10.2 Å². The Kier molecular flexibility index (Phi) is 3.16. The van der Waals surface area contributed by atoms with Gasteiger partial charge < -0.3 is 10.5 Å². The maximum Gasteiger partial charge on any atom is 0.233 e. The normalized spacial score (nSPS) is 26.3. The molecule has 0 aliphatic heterocycles. The zero-order valence-electron chi connectivity index (χ0n) is 9.02. The first kappa shape index (κ1) is 10.4. The van der Waals surface area contributed by atoms with E-state index in [0.717, 1.165) is 18.4 Å². The van der Waals surface area contributed by atoms with Crippen molar-refractivity contribution in [1.29, 1.82) is 0 Å². The van der Waals surface area contributed by atoms with Crippen molar-refractivity contribution in [2.75, 3.05) is 0 Å². The number of hydrogen-bond donors (Lipinski definition) is 1. The largest absolute Gasteiger partial charge is 0.472 e. The van der Waals surface area contributed by atoms with Gasteiger partial charge in [0, 0.05) is 12.1 Å². The summed E-state index contributed by atoms with van der Waals surface area (Å²) in [6.07, 6.45) is 6.29. The molecule has 0 radical (unpaired) electrons. The number of nitrogens with zero attached hydrogens (tertiary/aromatic N) is 2. The van der Waals surface area contributed by atoms with Crippen molar-refractivity contribution in [2.24, 2.45) is 5.73 Å². The summed E-state index contributed by atoms with van der Waals surface area (Å²) >= 11 is 0. The van der Waals surface area contributed by atoms with E-state index < -0.39 is 0 Å². The molecule has 1 aliphatic carbocycles. The lowest BCUT2D eigenvalue weighted by molar-refractivity contribution is 0.125. The standard InChI is InChI=1S/C11H17N3O/c1-8-6-11(14-13-7-8)15-10-5-3-2-4-9(10)12/h6-7,9-10H,2-5,12H2,1H3. The number of hydrogen-bond acceptors (Lipinski definition) is 4. The van der Waals surface area contributed by atoms with Crippen molar-refractivity contribution in [3.63, 3.8) is 0 Å². The average molecular weight is 207 g/mol. The van der Waals surface area contributed by atoms with Gasteiger partial charge in [0.1, 0.15) is 6.10 Å². The molecule has 0 amide bonds. The van der Waals surface area contributed by atoms with E-state index in [1.165, 1.54) is 12.8 Å². The molecule has 2 rings (SSSR count). The summed E-state index contributed by atoms with van der Waals surface area (Å²) in [5.74, 6) is 0.595. The molecule has 1 aromatic rings. The molecule has 0 spiro atoms. The van der Waals surface area contributed by atoms with Gasteiger partial charge in [0.2, 0.25) is 5.88 Å². The molecule has 1 aromatic heterocycles. The molecule has 1 saturated carbocycles. The van der Waals surface area contributed by atoms with Crippen LogP contribution in [0.25, 0.3) is 0 Å². The predicted octanol–water partition coefficient (Wildman–Crippen LogP) is 1.43. The Morgan fingerprint density at radius 2 is 2.20 bits per heavy atom. The van der Waals surface area contributed by atoms with Crippen molar-refractivity contribution < 1.29 is 4.74 Å². The van der Waals surface area contributed by atoms with Gasteiger partial charge in [-0.2, -0.15) is 5.10 Å². The molecule has 0 saturated heterocycles. The number of aryl methyl sites for hydroxylation is 1. The van der Waals surface area contributed by atoms with Crippen LogP contribution in [0.4, 0.5) is 0 Å². The van der Waals surface area contributed by atoms with Crippen LogP contribution in [0.15, 0.2) is 12.3 Å². The Labute approximate surface area is 89.8 Å². The maximum absolute atomic E-state index is 5.99. The van der Waals surface area contributed by atoms with Crippen molar-refractivity contribution in [3.8, 4) is 5.88 Å². The zero-order chi connectivity index (χ0) is 10.7. The number of aromatic nitrogens is 2. The first-order valence-electron chi connectivity index (χ1n) is 5.47. The summed E-state index contributed by atoms with van der Waals surface area (Å²) in [5, 5.41) is 7.80. The molecular weight excluding hydrogens is 190 g/mol. The van der Waals surface area contributed by atoms with Crippen molar-refractivity contribution >= 4 is 0 Å². The molecule has 15 heavy (non-hydrogen) atoms. The van der Waals surface area contributed by atoms with Crippen LogP contribution in [0.3, 0.4) is 0 Å². The van der Waals surface area contributed by atoms with E-state index in [1.54, 1.807) is 6.20 Å². The predicted molar refractivity (Wildman–Crippen MR) is 57.6 cm³/mol. The first-order valence-corrected chi connectivity index (χ1v) is 5.47. The van der Waals surface area contributed by atoms with Crippen LogP contribution in [0.2, 0.25) is 0 Å². The highest BCUT2D eigenvalue weighted by molar-refractivity contribution is 5.15. The van der Waals surface area contributed by atoms with Crippen LogP contribution < -0.4 is 10.5 Å². The molecule has 2 N–H and O–H groups in total. The van der Waals surface area contributed by atoms with E-state index >= 15 is 0 Å². The Morgan fingerprint density at radius 1 is 1.40 bits per heavy atom. The smallest absolute Gasteiger partial charge is 0.233 e. The third-order valence-corrected chi connectivity index (χ3v) is 2.79. The SMILES string of the molecule is Cc1cnnc(OC2CCCCC2N)c1. The van der Waals surface area contributed by atoms with Crippen molar-refractivity contribution in [3.05, 3.63) is 17.8 Å². The van der Waals surface area contributed by atoms with Gasteiger partial charge in [-0.05, 0) is 31.7 Å². The second-order valence-electron chi connectivity index (χ2n) is 4.18. The Bertz CT molecular complexity index is 329. The van der Waals surface area contributed by atoms with E-state index in [9.17, 15) is 0 Å². The van der Waals surface area contributed by atoms with Gasteiger partial charge in [0.05, 0.1) is 6.20 Å². The minimum Gasteiger partial charge on any atom is -0.472 e. The summed E-state index contributed by atoms with van der Waals surface area (Å²) < 4.78 is 5.75. The van der Waals surface area contributed by atoms with Crippen LogP contribution in [0.1, 0.15) is 31.2 Å². The molecular formula is C11H17N3O. The van der Waals surface area contributed by atoms with Crippen LogP contribution in [-0.2, 0) is 0 Å². The van der Waals surface area contributed by atoms with E-state index in [-0.39, 0.29) is 12.1 Å². The highest BCUT2D eigenvalue weighted by atomic mass is 16.5. The third-order valence-electron chi connectivity index (χ3n) is 2.79. The van der Waals surface area contributed by atoms with Gasteiger partial charge in [-0.1, -0.05) is 6.42 Å².